The molecule has 5 heteroatoms. The van der Waals surface area contributed by atoms with Crippen LogP contribution < -0.4 is 0 Å². The minimum atomic E-state index is -0.514. The van der Waals surface area contributed by atoms with Gasteiger partial charge in [-0.1, -0.05) is 11.8 Å². The number of hydrogen-bond donors (Lipinski definition) is 0. The van der Waals surface area contributed by atoms with E-state index >= 15 is 0 Å². The summed E-state index contributed by atoms with van der Waals surface area (Å²) >= 11 is 1.12. The maximum absolute atomic E-state index is 11.0. The molecule has 0 saturated heterocycles. The van der Waals surface area contributed by atoms with Crippen molar-refractivity contribution in [1.29, 1.82) is 0 Å². The molecular formula is C7H3N2O2S. The van der Waals surface area contributed by atoms with E-state index in [1.807, 2.05) is 0 Å². The first-order valence-electron chi connectivity index (χ1n) is 3.23. The first kappa shape index (κ1) is 7.42. The lowest BCUT2D eigenvalue weighted by Gasteiger charge is -2.02. The summed E-state index contributed by atoms with van der Waals surface area (Å²) in [6.45, 7) is 0. The maximum atomic E-state index is 11.0. The van der Waals surface area contributed by atoms with Gasteiger partial charge in [0.15, 0.2) is 0 Å². The lowest BCUT2D eigenvalue weighted by molar-refractivity contribution is -0.119. The first-order chi connectivity index (χ1) is 5.79. The third-order valence-electron chi connectivity index (χ3n) is 1.53. The molecule has 0 bridgehead atoms. The van der Waals surface area contributed by atoms with Gasteiger partial charge in [-0.3, -0.25) is 9.59 Å². The molecule has 0 saturated carbocycles. The zero-order valence-corrected chi connectivity index (χ0v) is 6.67. The van der Waals surface area contributed by atoms with Crippen LogP contribution in [0, 0.1) is 0 Å². The van der Waals surface area contributed by atoms with Gasteiger partial charge >= 0.3 is 0 Å². The topological polar surface area (TPSA) is 58.9 Å². The molecule has 2 rings (SSSR count). The highest BCUT2D eigenvalue weighted by molar-refractivity contribution is 8.13. The van der Waals surface area contributed by atoms with Crippen molar-refractivity contribution in [2.24, 2.45) is 9.98 Å². The summed E-state index contributed by atoms with van der Waals surface area (Å²) in [6.07, 6.45) is 2.93. The fraction of sp³-hybridized carbons (Fsp3) is 0.143. The summed E-state index contributed by atoms with van der Waals surface area (Å²) in [4.78, 5) is 28.9. The van der Waals surface area contributed by atoms with Crippen LogP contribution in [0.4, 0.5) is 0 Å². The molecule has 12 heavy (non-hydrogen) atoms. The number of hydrogen-bond acceptors (Lipinski definition) is 3. The van der Waals surface area contributed by atoms with Crippen molar-refractivity contribution >= 4 is 35.3 Å². The van der Waals surface area contributed by atoms with E-state index in [0.717, 1.165) is 11.8 Å². The second-order valence-corrected chi connectivity index (χ2v) is 3.13. The van der Waals surface area contributed by atoms with E-state index in [-0.39, 0.29) is 11.8 Å². The van der Waals surface area contributed by atoms with E-state index in [4.69, 9.17) is 0 Å². The molecule has 0 aromatic heterocycles. The van der Waals surface area contributed by atoms with Gasteiger partial charge < -0.3 is 0 Å². The minimum absolute atomic E-state index is 0.329. The average molecular weight is 179 g/mol. The van der Waals surface area contributed by atoms with Gasteiger partial charge in [-0.2, -0.15) is 0 Å². The zero-order valence-electron chi connectivity index (χ0n) is 5.85. The number of aliphatic imine (C=N–C) groups is 2. The van der Waals surface area contributed by atoms with Gasteiger partial charge in [0.2, 0.25) is 0 Å². The van der Waals surface area contributed by atoms with Gasteiger partial charge in [0.1, 0.15) is 10.8 Å². The second kappa shape index (κ2) is 2.67. The number of allylic oxidation sites excluding steroid dienone is 1. The van der Waals surface area contributed by atoms with Crippen molar-refractivity contribution in [2.75, 3.05) is 0 Å². The number of nitrogens with zero attached hydrogens (tertiary/aromatic N) is 2. The highest BCUT2D eigenvalue weighted by Gasteiger charge is 2.31. The van der Waals surface area contributed by atoms with Crippen LogP contribution in [0.25, 0.3) is 0 Å². The number of amides is 2. The number of carbonyl (C=O) groups excluding carboxylic acids is 2. The van der Waals surface area contributed by atoms with Crippen molar-refractivity contribution in [1.82, 2.24) is 0 Å². The van der Waals surface area contributed by atoms with Gasteiger partial charge in [-0.05, 0) is 6.08 Å². The van der Waals surface area contributed by atoms with Crippen LogP contribution in [0.2, 0.25) is 0 Å². The minimum Gasteiger partial charge on any atom is -0.271 e. The Morgan fingerprint density at radius 2 is 2.33 bits per heavy atom. The standard InChI is InChI=1S/C7H3N2O2S/c10-6-4(1-2-8-6)5-7(11)9-3-12-5/h1-2,5H. The maximum Gasteiger partial charge on any atom is 0.274 e. The zero-order chi connectivity index (χ0) is 8.55. The highest BCUT2D eigenvalue weighted by atomic mass is 32.2. The van der Waals surface area contributed by atoms with E-state index in [0.29, 0.717) is 5.57 Å². The number of thioether (sulfide) groups is 1. The molecule has 1 radical (unpaired) electrons. The average Bonchev–Trinajstić information content (AvgIpc) is 2.59. The van der Waals surface area contributed by atoms with Crippen LogP contribution >= 0.6 is 11.8 Å². The predicted octanol–water partition coefficient (Wildman–Crippen LogP) is 0.0711. The van der Waals surface area contributed by atoms with Gasteiger partial charge in [-0.25, -0.2) is 9.98 Å². The Kier molecular flexibility index (Phi) is 1.65. The molecule has 0 aromatic rings. The molecule has 0 aliphatic carbocycles. The Labute approximate surface area is 72.5 Å². The highest BCUT2D eigenvalue weighted by Crippen LogP contribution is 2.25. The van der Waals surface area contributed by atoms with Crippen LogP contribution in [0.3, 0.4) is 0 Å². The lowest BCUT2D eigenvalue weighted by Crippen LogP contribution is -2.17. The molecule has 0 spiro atoms. The quantitative estimate of drug-likeness (QED) is 0.572. The Morgan fingerprint density at radius 1 is 1.50 bits per heavy atom. The van der Waals surface area contributed by atoms with Crippen LogP contribution in [0.5, 0.6) is 0 Å². The molecule has 0 N–H and O–H groups in total. The SMILES string of the molecule is O=C1N=CC=C1C1S[C]=NC1=O. The second-order valence-electron chi connectivity index (χ2n) is 2.24. The van der Waals surface area contributed by atoms with Gasteiger partial charge in [0.05, 0.1) is 0 Å². The normalized spacial score (nSPS) is 27.0. The molecule has 1 unspecified atom stereocenters. The lowest BCUT2D eigenvalue weighted by atomic mass is 10.2. The van der Waals surface area contributed by atoms with Crippen LogP contribution in [-0.2, 0) is 9.59 Å². The van der Waals surface area contributed by atoms with E-state index in [9.17, 15) is 9.59 Å². The molecule has 2 heterocycles. The van der Waals surface area contributed by atoms with Gasteiger partial charge in [-0.15, -0.1) is 0 Å². The predicted molar refractivity (Wildman–Crippen MR) is 45.4 cm³/mol. The third-order valence-corrected chi connectivity index (χ3v) is 2.41. The fourth-order valence-corrected chi connectivity index (χ4v) is 1.67. The summed E-state index contributed by atoms with van der Waals surface area (Å²) in [5.41, 5.74) is 2.86. The van der Waals surface area contributed by atoms with Crippen molar-refractivity contribution in [2.45, 2.75) is 5.25 Å². The molecule has 4 nitrogen and oxygen atoms in total. The summed E-state index contributed by atoms with van der Waals surface area (Å²) < 4.78 is 0. The summed E-state index contributed by atoms with van der Waals surface area (Å²) in [6, 6.07) is 0. The van der Waals surface area contributed by atoms with Crippen LogP contribution in [0.1, 0.15) is 0 Å². The largest absolute Gasteiger partial charge is 0.274 e. The van der Waals surface area contributed by atoms with Crippen molar-refractivity contribution in [3.05, 3.63) is 11.6 Å². The monoisotopic (exact) mass is 179 g/mol. The summed E-state index contributed by atoms with van der Waals surface area (Å²) in [5, 5.41) is -0.514. The molecule has 59 valence electrons. The first-order valence-corrected chi connectivity index (χ1v) is 4.11. The molecule has 2 aliphatic rings. The smallest absolute Gasteiger partial charge is 0.271 e. The van der Waals surface area contributed by atoms with E-state index in [2.05, 4.69) is 15.5 Å². The van der Waals surface area contributed by atoms with E-state index < -0.39 is 5.25 Å². The molecule has 1 atom stereocenters. The van der Waals surface area contributed by atoms with Gasteiger partial charge in [0.25, 0.3) is 11.8 Å². The third kappa shape index (κ3) is 1.02. The Morgan fingerprint density at radius 3 is 2.83 bits per heavy atom. The van der Waals surface area contributed by atoms with Crippen LogP contribution in [0.15, 0.2) is 21.6 Å². The molecule has 2 aliphatic heterocycles. The fourth-order valence-electron chi connectivity index (χ4n) is 0.960. The molecule has 2 amide bonds. The Balaban J connectivity index is 2.23. The van der Waals surface area contributed by atoms with Crippen molar-refractivity contribution < 1.29 is 9.59 Å². The molecule has 0 aromatic carbocycles. The van der Waals surface area contributed by atoms with E-state index in [1.54, 1.807) is 6.08 Å². The molecular weight excluding hydrogens is 176 g/mol. The number of rotatable bonds is 1. The molecule has 0 fully saturated rings. The van der Waals surface area contributed by atoms with Crippen molar-refractivity contribution in [3.63, 3.8) is 0 Å². The Bertz CT molecular complexity index is 343. The summed E-state index contributed by atoms with van der Waals surface area (Å²) in [5.74, 6) is -0.676. The van der Waals surface area contributed by atoms with E-state index in [1.165, 1.54) is 6.21 Å². The Hall–Kier alpha value is -1.23. The number of carbonyl (C=O) groups is 2. The van der Waals surface area contributed by atoms with Crippen LogP contribution in [-0.4, -0.2) is 28.8 Å². The summed E-state index contributed by atoms with van der Waals surface area (Å²) in [7, 11) is 0. The van der Waals surface area contributed by atoms with Gasteiger partial charge in [0, 0.05) is 11.8 Å². The van der Waals surface area contributed by atoms with Crippen molar-refractivity contribution in [3.8, 4) is 0 Å².